The number of urea groups is 1. The maximum absolute atomic E-state index is 12.7. The van der Waals surface area contributed by atoms with Gasteiger partial charge in [0.25, 0.3) is 11.8 Å². The van der Waals surface area contributed by atoms with Crippen molar-refractivity contribution in [2.24, 2.45) is 0 Å². The number of rotatable bonds is 4. The molecule has 2 aliphatic rings. The number of hydrogen-bond acceptors (Lipinski definition) is 6. The Morgan fingerprint density at radius 2 is 2.07 bits per heavy atom. The highest BCUT2D eigenvalue weighted by molar-refractivity contribution is 6.20. The molecule has 4 rings (SSSR count). The second kappa shape index (κ2) is 7.51. The third-order valence-corrected chi connectivity index (χ3v) is 4.93. The van der Waals surface area contributed by atoms with Gasteiger partial charge in [0.15, 0.2) is 0 Å². The van der Waals surface area contributed by atoms with Crippen molar-refractivity contribution in [2.45, 2.75) is 19.3 Å². The summed E-state index contributed by atoms with van der Waals surface area (Å²) in [7, 11) is 0. The van der Waals surface area contributed by atoms with Crippen molar-refractivity contribution in [2.75, 3.05) is 30.0 Å². The second-order valence-electron chi connectivity index (χ2n) is 6.95. The summed E-state index contributed by atoms with van der Waals surface area (Å²) in [5.74, 6) is -0.484. The lowest BCUT2D eigenvalue weighted by atomic mass is 10.0. The Morgan fingerprint density at radius 3 is 2.72 bits per heavy atom. The molecule has 2 fully saturated rings. The highest BCUT2D eigenvalue weighted by Gasteiger charge is 2.30. The summed E-state index contributed by atoms with van der Waals surface area (Å²) in [6, 6.07) is 7.43. The molecule has 9 heteroatoms. The molecule has 0 bridgehead atoms. The van der Waals surface area contributed by atoms with Gasteiger partial charge in [0.05, 0.1) is 18.8 Å². The highest BCUT2D eigenvalue weighted by Crippen LogP contribution is 2.26. The third-order valence-electron chi connectivity index (χ3n) is 4.93. The topological polar surface area (TPSA) is 118 Å². The molecule has 150 valence electrons. The molecule has 2 aliphatic heterocycles. The number of anilines is 2. The van der Waals surface area contributed by atoms with Crippen LogP contribution in [0.5, 0.6) is 0 Å². The van der Waals surface area contributed by atoms with E-state index in [1.807, 2.05) is 0 Å². The predicted octanol–water partition coefficient (Wildman–Crippen LogP) is 1.76. The first-order valence-electron chi connectivity index (χ1n) is 9.18. The Bertz CT molecular complexity index is 1040. The number of nitrogens with one attached hydrogen (secondary N) is 2. The lowest BCUT2D eigenvalue weighted by Crippen LogP contribution is -2.30. The van der Waals surface area contributed by atoms with Gasteiger partial charge in [0, 0.05) is 18.2 Å². The van der Waals surface area contributed by atoms with Crippen molar-refractivity contribution < 1.29 is 23.5 Å². The summed E-state index contributed by atoms with van der Waals surface area (Å²) < 4.78 is 10.7. The molecule has 0 spiro atoms. The summed E-state index contributed by atoms with van der Waals surface area (Å²) in [4.78, 5) is 49.8. The van der Waals surface area contributed by atoms with Gasteiger partial charge >= 0.3 is 11.7 Å². The van der Waals surface area contributed by atoms with E-state index in [1.54, 1.807) is 31.2 Å². The SMILES string of the molecule is Cc1cc(C2CCOC2)oc(=O)c1C(=O)Nc1cccc(N2C(=O)CNC2=O)c1. The zero-order valence-corrected chi connectivity index (χ0v) is 15.7. The minimum absolute atomic E-state index is 0.0133. The largest absolute Gasteiger partial charge is 0.427 e. The van der Waals surface area contributed by atoms with Gasteiger partial charge in [-0.3, -0.25) is 9.59 Å². The van der Waals surface area contributed by atoms with Gasteiger partial charge in [0.2, 0.25) is 0 Å². The molecule has 1 aromatic carbocycles. The molecule has 1 atom stereocenters. The van der Waals surface area contributed by atoms with E-state index in [4.69, 9.17) is 9.15 Å². The van der Waals surface area contributed by atoms with Crippen LogP contribution < -0.4 is 21.2 Å². The Labute approximate surface area is 165 Å². The Kier molecular flexibility index (Phi) is 4.89. The van der Waals surface area contributed by atoms with Gasteiger partial charge < -0.3 is 19.8 Å². The lowest BCUT2D eigenvalue weighted by molar-refractivity contribution is -0.115. The number of amides is 4. The van der Waals surface area contributed by atoms with E-state index < -0.39 is 17.6 Å². The molecule has 4 amide bonds. The zero-order valence-electron chi connectivity index (χ0n) is 15.7. The van der Waals surface area contributed by atoms with Gasteiger partial charge in [-0.25, -0.2) is 14.5 Å². The van der Waals surface area contributed by atoms with Gasteiger partial charge in [-0.1, -0.05) is 6.07 Å². The molecule has 2 N–H and O–H groups in total. The molecular weight excluding hydrogens is 378 g/mol. The van der Waals surface area contributed by atoms with Crippen LogP contribution in [0.15, 0.2) is 39.5 Å². The first kappa shape index (κ1) is 18.9. The summed E-state index contributed by atoms with van der Waals surface area (Å²) in [6.07, 6.45) is 0.767. The van der Waals surface area contributed by atoms with Crippen LogP contribution in [0.4, 0.5) is 16.2 Å². The minimum Gasteiger partial charge on any atom is -0.427 e. The molecule has 2 aromatic rings. The summed E-state index contributed by atoms with van der Waals surface area (Å²) in [5, 5.41) is 5.06. The molecule has 29 heavy (non-hydrogen) atoms. The summed E-state index contributed by atoms with van der Waals surface area (Å²) in [5.41, 5.74) is 0.365. The maximum atomic E-state index is 12.7. The number of ether oxygens (including phenoxy) is 1. The van der Waals surface area contributed by atoms with E-state index in [1.165, 1.54) is 6.07 Å². The van der Waals surface area contributed by atoms with E-state index in [9.17, 15) is 19.2 Å². The van der Waals surface area contributed by atoms with Crippen molar-refractivity contribution in [3.05, 3.63) is 57.6 Å². The number of carbonyl (C=O) groups is 3. The van der Waals surface area contributed by atoms with Crippen molar-refractivity contribution in [3.8, 4) is 0 Å². The van der Waals surface area contributed by atoms with Gasteiger partial charge in [-0.2, -0.15) is 0 Å². The van der Waals surface area contributed by atoms with Crippen molar-refractivity contribution >= 4 is 29.2 Å². The van der Waals surface area contributed by atoms with Gasteiger partial charge in [0.1, 0.15) is 11.3 Å². The van der Waals surface area contributed by atoms with Crippen LogP contribution >= 0.6 is 0 Å². The van der Waals surface area contributed by atoms with Crippen molar-refractivity contribution in [1.82, 2.24) is 5.32 Å². The quantitative estimate of drug-likeness (QED) is 0.759. The minimum atomic E-state index is -0.713. The normalized spacial score (nSPS) is 18.8. The van der Waals surface area contributed by atoms with E-state index in [0.29, 0.717) is 35.9 Å². The predicted molar refractivity (Wildman–Crippen MR) is 103 cm³/mol. The fourth-order valence-electron chi connectivity index (χ4n) is 3.47. The Balaban J connectivity index is 1.57. The first-order chi connectivity index (χ1) is 13.9. The zero-order chi connectivity index (χ0) is 20.5. The number of aryl methyl sites for hydroxylation is 1. The average Bonchev–Trinajstić information content (AvgIpc) is 3.31. The average molecular weight is 397 g/mol. The van der Waals surface area contributed by atoms with Gasteiger partial charge in [-0.15, -0.1) is 0 Å². The molecule has 1 aromatic heterocycles. The number of hydrogen-bond donors (Lipinski definition) is 2. The summed E-state index contributed by atoms with van der Waals surface area (Å²) >= 11 is 0. The summed E-state index contributed by atoms with van der Waals surface area (Å²) in [6.45, 7) is 2.70. The molecule has 3 heterocycles. The highest BCUT2D eigenvalue weighted by atomic mass is 16.5. The standard InChI is InChI=1S/C20H19N3O6/c1-11-7-15(12-5-6-28-10-12)29-19(26)17(11)18(25)22-13-3-2-4-14(8-13)23-16(24)9-21-20(23)27/h2-4,7-8,12H,5-6,9-10H2,1H3,(H,21,27)(H,22,25). The monoisotopic (exact) mass is 397 g/mol. The second-order valence-corrected chi connectivity index (χ2v) is 6.95. The Hall–Kier alpha value is -3.46. The smallest absolute Gasteiger partial charge is 0.349 e. The van der Waals surface area contributed by atoms with E-state index in [0.717, 1.165) is 11.3 Å². The molecule has 2 saturated heterocycles. The molecule has 0 aliphatic carbocycles. The number of nitrogens with zero attached hydrogens (tertiary/aromatic N) is 1. The molecule has 1 unspecified atom stereocenters. The molecule has 0 saturated carbocycles. The third kappa shape index (κ3) is 3.64. The molecule has 0 radical (unpaired) electrons. The van der Waals surface area contributed by atoms with Crippen LogP contribution in [0, 0.1) is 6.92 Å². The first-order valence-corrected chi connectivity index (χ1v) is 9.18. The van der Waals surface area contributed by atoms with Crippen molar-refractivity contribution in [3.63, 3.8) is 0 Å². The van der Waals surface area contributed by atoms with E-state index in [2.05, 4.69) is 10.6 Å². The van der Waals surface area contributed by atoms with Crippen LogP contribution in [0.1, 0.15) is 34.0 Å². The van der Waals surface area contributed by atoms with Crippen LogP contribution in [0.3, 0.4) is 0 Å². The number of benzene rings is 1. The molecular formula is C20H19N3O6. The molecule has 9 nitrogen and oxygen atoms in total. The van der Waals surface area contributed by atoms with Crippen LogP contribution in [0.25, 0.3) is 0 Å². The number of imide groups is 1. The van der Waals surface area contributed by atoms with Crippen molar-refractivity contribution in [1.29, 1.82) is 0 Å². The van der Waals surface area contributed by atoms with E-state index >= 15 is 0 Å². The van der Waals surface area contributed by atoms with Crippen LogP contribution in [-0.2, 0) is 9.53 Å². The Morgan fingerprint density at radius 1 is 1.24 bits per heavy atom. The fourth-order valence-corrected chi connectivity index (χ4v) is 3.47. The maximum Gasteiger partial charge on any atom is 0.349 e. The van der Waals surface area contributed by atoms with Crippen LogP contribution in [0.2, 0.25) is 0 Å². The van der Waals surface area contributed by atoms with E-state index in [-0.39, 0.29) is 23.9 Å². The number of carbonyl (C=O) groups excluding carboxylic acids is 3. The lowest BCUT2D eigenvalue weighted by Gasteiger charge is -2.14. The van der Waals surface area contributed by atoms with Gasteiger partial charge in [-0.05, 0) is 43.2 Å². The fraction of sp³-hybridized carbons (Fsp3) is 0.300. The van der Waals surface area contributed by atoms with Crippen LogP contribution in [-0.4, -0.2) is 37.6 Å².